The molecule has 2 aromatic heterocycles. The van der Waals surface area contributed by atoms with Crippen molar-refractivity contribution in [2.75, 3.05) is 5.43 Å². The number of carbonyl (C=O) groups excluding carboxylic acids is 1. The third-order valence-electron chi connectivity index (χ3n) is 4.73. The first-order valence-electron chi connectivity index (χ1n) is 9.98. The van der Waals surface area contributed by atoms with Crippen molar-refractivity contribution in [2.24, 2.45) is 0 Å². The van der Waals surface area contributed by atoms with Crippen LogP contribution in [0.25, 0.3) is 11.3 Å². The van der Waals surface area contributed by atoms with E-state index >= 15 is 0 Å². The van der Waals surface area contributed by atoms with Crippen LogP contribution in [0, 0.1) is 13.8 Å². The molecule has 0 saturated carbocycles. The summed E-state index contributed by atoms with van der Waals surface area (Å²) in [7, 11) is 0. The zero-order valence-electron chi connectivity index (χ0n) is 17.8. The van der Waals surface area contributed by atoms with Crippen LogP contribution < -0.4 is 10.7 Å². The SMILES string of the molecule is Cc1ccc(-c2ccc(C(=O)NC(=S)Nn3c(C)nnc3SCc3ccccc3)o2)cc1Cl. The van der Waals surface area contributed by atoms with Crippen molar-refractivity contribution in [1.29, 1.82) is 0 Å². The van der Waals surface area contributed by atoms with Crippen LogP contribution in [0.4, 0.5) is 0 Å². The third-order valence-corrected chi connectivity index (χ3v) is 6.33. The quantitative estimate of drug-likeness (QED) is 0.274. The van der Waals surface area contributed by atoms with E-state index < -0.39 is 5.91 Å². The molecule has 33 heavy (non-hydrogen) atoms. The molecule has 0 bridgehead atoms. The molecule has 0 unspecified atom stereocenters. The molecular formula is C23H20ClN5O2S2. The fourth-order valence-electron chi connectivity index (χ4n) is 2.94. The summed E-state index contributed by atoms with van der Waals surface area (Å²) in [4.78, 5) is 12.6. The summed E-state index contributed by atoms with van der Waals surface area (Å²) in [6, 6.07) is 18.9. The molecule has 2 heterocycles. The van der Waals surface area contributed by atoms with Gasteiger partial charge in [-0.2, -0.15) is 0 Å². The lowest BCUT2D eigenvalue weighted by Crippen LogP contribution is -2.38. The Morgan fingerprint density at radius 2 is 1.91 bits per heavy atom. The smallest absolute Gasteiger partial charge is 0.293 e. The zero-order chi connectivity index (χ0) is 23.4. The van der Waals surface area contributed by atoms with Gasteiger partial charge in [0.15, 0.2) is 10.9 Å². The molecule has 0 aliphatic rings. The molecule has 1 amide bonds. The molecule has 7 nitrogen and oxygen atoms in total. The fraction of sp³-hybridized carbons (Fsp3) is 0.130. The highest BCUT2D eigenvalue weighted by molar-refractivity contribution is 7.98. The van der Waals surface area contributed by atoms with Gasteiger partial charge in [0.25, 0.3) is 5.91 Å². The average molecular weight is 498 g/mol. The predicted molar refractivity (Wildman–Crippen MR) is 134 cm³/mol. The van der Waals surface area contributed by atoms with Crippen molar-refractivity contribution >= 4 is 46.6 Å². The number of furan rings is 1. The van der Waals surface area contributed by atoms with E-state index in [4.69, 9.17) is 28.2 Å². The Kier molecular flexibility index (Phi) is 7.12. The first-order valence-corrected chi connectivity index (χ1v) is 11.8. The van der Waals surface area contributed by atoms with Gasteiger partial charge in [-0.15, -0.1) is 10.2 Å². The van der Waals surface area contributed by atoms with E-state index in [1.807, 2.05) is 49.4 Å². The molecule has 0 radical (unpaired) electrons. The number of hydrogen-bond donors (Lipinski definition) is 2. The topological polar surface area (TPSA) is 85.0 Å². The molecule has 0 fully saturated rings. The minimum absolute atomic E-state index is 0.0980. The van der Waals surface area contributed by atoms with Gasteiger partial charge in [-0.1, -0.05) is 65.8 Å². The van der Waals surface area contributed by atoms with Gasteiger partial charge in [0.05, 0.1) is 0 Å². The summed E-state index contributed by atoms with van der Waals surface area (Å²) < 4.78 is 7.34. The Hall–Kier alpha value is -3.14. The second-order valence-corrected chi connectivity index (χ2v) is 8.92. The first kappa shape index (κ1) is 23.0. The highest BCUT2D eigenvalue weighted by Crippen LogP contribution is 2.27. The van der Waals surface area contributed by atoms with E-state index in [1.54, 1.807) is 29.8 Å². The van der Waals surface area contributed by atoms with Crippen LogP contribution in [0.1, 0.15) is 27.5 Å². The summed E-state index contributed by atoms with van der Waals surface area (Å²) in [5, 5.41) is 12.3. The van der Waals surface area contributed by atoms with Gasteiger partial charge >= 0.3 is 0 Å². The van der Waals surface area contributed by atoms with Gasteiger partial charge in [-0.25, -0.2) is 4.68 Å². The molecule has 0 saturated heterocycles. The fourth-order valence-corrected chi connectivity index (χ4v) is 4.20. The number of nitrogens with one attached hydrogen (secondary N) is 2. The zero-order valence-corrected chi connectivity index (χ0v) is 20.2. The van der Waals surface area contributed by atoms with Crippen LogP contribution in [-0.4, -0.2) is 25.9 Å². The Morgan fingerprint density at radius 1 is 1.12 bits per heavy atom. The third kappa shape index (κ3) is 5.62. The summed E-state index contributed by atoms with van der Waals surface area (Å²) in [5.41, 5.74) is 5.87. The van der Waals surface area contributed by atoms with Crippen molar-refractivity contribution in [1.82, 2.24) is 20.2 Å². The molecule has 0 aliphatic heterocycles. The molecule has 168 valence electrons. The molecule has 0 aliphatic carbocycles. The summed E-state index contributed by atoms with van der Waals surface area (Å²) >= 11 is 13.0. The van der Waals surface area contributed by atoms with E-state index in [9.17, 15) is 4.79 Å². The second-order valence-electron chi connectivity index (χ2n) is 7.16. The number of carbonyl (C=O) groups is 1. The van der Waals surface area contributed by atoms with Gasteiger partial charge in [-0.05, 0) is 55.4 Å². The Labute approximate surface area is 205 Å². The van der Waals surface area contributed by atoms with E-state index in [2.05, 4.69) is 20.9 Å². The van der Waals surface area contributed by atoms with E-state index in [0.29, 0.717) is 21.8 Å². The molecule has 0 spiro atoms. The second kappa shape index (κ2) is 10.2. The number of nitrogens with zero attached hydrogens (tertiary/aromatic N) is 3. The number of aryl methyl sites for hydroxylation is 2. The summed E-state index contributed by atoms with van der Waals surface area (Å²) in [6.45, 7) is 3.71. The Bertz CT molecular complexity index is 1300. The Balaban J connectivity index is 1.39. The standard InChI is InChI=1S/C23H20ClN5O2S2/c1-14-8-9-17(12-18(14)24)19-10-11-20(31-19)21(30)25-22(32)28-29-15(2)26-27-23(29)33-13-16-6-4-3-5-7-16/h3-12H,13H2,1-2H3,(H2,25,28,30,32). The van der Waals surface area contributed by atoms with Gasteiger partial charge in [0.2, 0.25) is 5.16 Å². The number of thioether (sulfide) groups is 1. The van der Waals surface area contributed by atoms with Crippen molar-refractivity contribution in [2.45, 2.75) is 24.8 Å². The number of halogens is 1. The molecule has 10 heteroatoms. The highest BCUT2D eigenvalue weighted by Gasteiger charge is 2.16. The van der Waals surface area contributed by atoms with Crippen LogP contribution in [0.3, 0.4) is 0 Å². The van der Waals surface area contributed by atoms with Gasteiger partial charge < -0.3 is 4.42 Å². The number of hydrogen-bond acceptors (Lipinski definition) is 6. The average Bonchev–Trinajstić information content (AvgIpc) is 3.43. The number of amides is 1. The minimum atomic E-state index is -0.471. The first-order chi connectivity index (χ1) is 15.9. The molecular weight excluding hydrogens is 478 g/mol. The van der Waals surface area contributed by atoms with Crippen LogP contribution in [0.15, 0.2) is 70.2 Å². The van der Waals surface area contributed by atoms with Crippen molar-refractivity contribution < 1.29 is 9.21 Å². The molecule has 0 atom stereocenters. The highest BCUT2D eigenvalue weighted by atomic mass is 35.5. The van der Waals surface area contributed by atoms with Crippen LogP contribution in [-0.2, 0) is 5.75 Å². The molecule has 2 N–H and O–H groups in total. The lowest BCUT2D eigenvalue weighted by atomic mass is 10.1. The van der Waals surface area contributed by atoms with E-state index in [0.717, 1.165) is 22.4 Å². The molecule has 4 rings (SSSR count). The maximum Gasteiger partial charge on any atom is 0.293 e. The van der Waals surface area contributed by atoms with Crippen molar-refractivity contribution in [3.63, 3.8) is 0 Å². The minimum Gasteiger partial charge on any atom is -0.451 e. The van der Waals surface area contributed by atoms with Gasteiger partial charge in [0.1, 0.15) is 11.6 Å². The number of rotatable bonds is 6. The lowest BCUT2D eigenvalue weighted by molar-refractivity contribution is 0.0951. The van der Waals surface area contributed by atoms with Crippen LogP contribution >= 0.6 is 35.6 Å². The normalized spacial score (nSPS) is 10.8. The maximum atomic E-state index is 12.6. The van der Waals surface area contributed by atoms with Gasteiger partial charge in [0, 0.05) is 16.3 Å². The predicted octanol–water partition coefficient (Wildman–Crippen LogP) is 5.36. The number of benzene rings is 2. The molecule has 4 aromatic rings. The summed E-state index contributed by atoms with van der Waals surface area (Å²) in [6.07, 6.45) is 0. The van der Waals surface area contributed by atoms with E-state index in [-0.39, 0.29) is 10.9 Å². The monoisotopic (exact) mass is 497 g/mol. The lowest BCUT2D eigenvalue weighted by Gasteiger charge is -2.12. The number of thiocarbonyl (C=S) groups is 1. The van der Waals surface area contributed by atoms with Crippen molar-refractivity contribution in [3.05, 3.63) is 88.4 Å². The van der Waals surface area contributed by atoms with Gasteiger partial charge in [-0.3, -0.25) is 15.5 Å². The maximum absolute atomic E-state index is 12.6. The molecule has 2 aromatic carbocycles. The van der Waals surface area contributed by atoms with Crippen LogP contribution in [0.5, 0.6) is 0 Å². The van der Waals surface area contributed by atoms with E-state index in [1.165, 1.54) is 11.8 Å². The van der Waals surface area contributed by atoms with Crippen molar-refractivity contribution in [3.8, 4) is 11.3 Å². The summed E-state index contributed by atoms with van der Waals surface area (Å²) in [5.74, 6) is 1.53. The largest absolute Gasteiger partial charge is 0.451 e. The van der Waals surface area contributed by atoms with Crippen LogP contribution in [0.2, 0.25) is 5.02 Å². The Morgan fingerprint density at radius 3 is 2.67 bits per heavy atom. The number of aromatic nitrogens is 3.